The molecule has 1 aromatic rings. The van der Waals surface area contributed by atoms with E-state index < -0.39 is 10.0 Å². The molecule has 1 N–H and O–H groups in total. The second-order valence-corrected chi connectivity index (χ2v) is 7.43. The summed E-state index contributed by atoms with van der Waals surface area (Å²) in [5, 5.41) is 0. The summed E-state index contributed by atoms with van der Waals surface area (Å²) in [6, 6.07) is 7.17. The molecule has 2 rings (SSSR count). The van der Waals surface area contributed by atoms with E-state index in [1.54, 1.807) is 12.1 Å². The van der Waals surface area contributed by atoms with Gasteiger partial charge in [0, 0.05) is 5.54 Å². The molecule has 0 spiro atoms. The number of benzene rings is 1. The maximum Gasteiger partial charge on any atom is 0.241 e. The summed E-state index contributed by atoms with van der Waals surface area (Å²) < 4.78 is 27.2. The van der Waals surface area contributed by atoms with Gasteiger partial charge in [0.2, 0.25) is 10.0 Å². The first-order valence-corrected chi connectivity index (χ1v) is 7.95. The molecular formula is C14H21NO2S. The van der Waals surface area contributed by atoms with Crippen molar-refractivity contribution in [2.45, 2.75) is 56.4 Å². The Bertz CT molecular complexity index is 513. The Morgan fingerprint density at radius 1 is 1.17 bits per heavy atom. The number of nitrogens with one attached hydrogen (secondary N) is 1. The zero-order valence-corrected chi connectivity index (χ0v) is 12.0. The van der Waals surface area contributed by atoms with Gasteiger partial charge in [0.05, 0.1) is 4.90 Å². The first kappa shape index (κ1) is 13.6. The van der Waals surface area contributed by atoms with Crippen LogP contribution < -0.4 is 4.72 Å². The van der Waals surface area contributed by atoms with Crippen LogP contribution in [0.15, 0.2) is 29.2 Å². The molecule has 0 aliphatic heterocycles. The van der Waals surface area contributed by atoms with Crippen molar-refractivity contribution in [3.05, 3.63) is 29.8 Å². The van der Waals surface area contributed by atoms with Crippen LogP contribution in [-0.4, -0.2) is 14.0 Å². The Balaban J connectivity index is 2.19. The highest BCUT2D eigenvalue weighted by atomic mass is 32.2. The molecule has 0 atom stereocenters. The van der Waals surface area contributed by atoms with Gasteiger partial charge in [-0.1, -0.05) is 26.0 Å². The largest absolute Gasteiger partial charge is 0.241 e. The van der Waals surface area contributed by atoms with Crippen LogP contribution in [0.4, 0.5) is 0 Å². The number of hydrogen-bond acceptors (Lipinski definition) is 2. The summed E-state index contributed by atoms with van der Waals surface area (Å²) in [7, 11) is -3.37. The van der Waals surface area contributed by atoms with E-state index >= 15 is 0 Å². The predicted octanol–water partition coefficient (Wildman–Crippen LogP) is 3.03. The number of hydrogen-bond donors (Lipinski definition) is 1. The van der Waals surface area contributed by atoms with E-state index in [0.29, 0.717) is 10.8 Å². The molecule has 1 fully saturated rings. The molecule has 18 heavy (non-hydrogen) atoms. The van der Waals surface area contributed by atoms with Crippen LogP contribution in [0.2, 0.25) is 0 Å². The Morgan fingerprint density at radius 3 is 2.11 bits per heavy atom. The van der Waals surface area contributed by atoms with Crippen molar-refractivity contribution in [1.82, 2.24) is 4.72 Å². The van der Waals surface area contributed by atoms with Crippen LogP contribution in [0.25, 0.3) is 0 Å². The number of sulfonamides is 1. The maximum absolute atomic E-state index is 12.2. The fourth-order valence-electron chi connectivity index (χ4n) is 2.22. The van der Waals surface area contributed by atoms with Gasteiger partial charge in [-0.15, -0.1) is 0 Å². The molecule has 100 valence electrons. The van der Waals surface area contributed by atoms with Gasteiger partial charge >= 0.3 is 0 Å². The summed E-state index contributed by atoms with van der Waals surface area (Å²) in [5.41, 5.74) is 0.916. The molecule has 1 aliphatic carbocycles. The lowest BCUT2D eigenvalue weighted by molar-refractivity contribution is 0.248. The minimum absolute atomic E-state index is 0.241. The van der Waals surface area contributed by atoms with Crippen LogP contribution in [0.5, 0.6) is 0 Å². The van der Waals surface area contributed by atoms with Crippen LogP contribution in [0, 0.1) is 0 Å². The van der Waals surface area contributed by atoms with Crippen molar-refractivity contribution >= 4 is 10.0 Å². The van der Waals surface area contributed by atoms with E-state index in [1.165, 1.54) is 0 Å². The normalized spacial score (nSPS) is 18.7. The lowest BCUT2D eigenvalue weighted by Gasteiger charge is -2.38. The van der Waals surface area contributed by atoms with E-state index in [-0.39, 0.29) is 5.54 Å². The SMILES string of the molecule is CC(C)c1ccc(S(=O)(=O)NC2(C)CCC2)cc1. The van der Waals surface area contributed by atoms with Gasteiger partial charge in [0.1, 0.15) is 0 Å². The molecule has 1 saturated carbocycles. The van der Waals surface area contributed by atoms with Gasteiger partial charge in [0.15, 0.2) is 0 Å². The van der Waals surface area contributed by atoms with Crippen LogP contribution in [0.1, 0.15) is 51.5 Å². The van der Waals surface area contributed by atoms with Crippen molar-refractivity contribution in [1.29, 1.82) is 0 Å². The third-order valence-electron chi connectivity index (χ3n) is 3.69. The van der Waals surface area contributed by atoms with Crippen LogP contribution in [-0.2, 0) is 10.0 Å². The van der Waals surface area contributed by atoms with E-state index in [9.17, 15) is 8.42 Å². The Morgan fingerprint density at radius 2 is 1.72 bits per heavy atom. The molecule has 4 heteroatoms. The second-order valence-electron chi connectivity index (χ2n) is 5.74. The first-order chi connectivity index (χ1) is 8.32. The molecule has 1 aliphatic rings. The van der Waals surface area contributed by atoms with Gasteiger partial charge in [-0.05, 0) is 49.8 Å². The Kier molecular flexibility index (Phi) is 3.52. The van der Waals surface area contributed by atoms with Gasteiger partial charge in [0.25, 0.3) is 0 Å². The molecule has 0 radical (unpaired) electrons. The van der Waals surface area contributed by atoms with E-state index in [2.05, 4.69) is 18.6 Å². The molecular weight excluding hydrogens is 246 g/mol. The van der Waals surface area contributed by atoms with E-state index in [0.717, 1.165) is 24.8 Å². The topological polar surface area (TPSA) is 46.2 Å². The zero-order valence-electron chi connectivity index (χ0n) is 11.2. The summed E-state index contributed by atoms with van der Waals surface area (Å²) in [6.07, 6.45) is 2.96. The van der Waals surface area contributed by atoms with E-state index in [4.69, 9.17) is 0 Å². The average Bonchev–Trinajstić information content (AvgIpc) is 2.26. The van der Waals surface area contributed by atoms with Crippen molar-refractivity contribution in [2.75, 3.05) is 0 Å². The summed E-state index contributed by atoms with van der Waals surface area (Å²) in [4.78, 5) is 0.361. The molecule has 0 amide bonds. The smallest absolute Gasteiger partial charge is 0.207 e. The fourth-order valence-corrected chi connectivity index (χ4v) is 3.69. The fraction of sp³-hybridized carbons (Fsp3) is 0.571. The Labute approximate surface area is 110 Å². The van der Waals surface area contributed by atoms with Crippen molar-refractivity contribution in [3.63, 3.8) is 0 Å². The summed E-state index contributed by atoms with van der Waals surface area (Å²) >= 11 is 0. The molecule has 1 aromatic carbocycles. The molecule has 0 saturated heterocycles. The highest BCUT2D eigenvalue weighted by Crippen LogP contribution is 2.32. The first-order valence-electron chi connectivity index (χ1n) is 6.46. The van der Waals surface area contributed by atoms with Gasteiger partial charge in [-0.25, -0.2) is 13.1 Å². The third kappa shape index (κ3) is 2.75. The molecule has 0 bridgehead atoms. The molecule has 3 nitrogen and oxygen atoms in total. The molecule has 0 unspecified atom stereocenters. The quantitative estimate of drug-likeness (QED) is 0.911. The van der Waals surface area contributed by atoms with Crippen LogP contribution >= 0.6 is 0 Å². The van der Waals surface area contributed by atoms with Gasteiger partial charge in [-0.2, -0.15) is 0 Å². The maximum atomic E-state index is 12.2. The third-order valence-corrected chi connectivity index (χ3v) is 5.35. The Hall–Kier alpha value is -0.870. The summed E-state index contributed by atoms with van der Waals surface area (Å²) in [5.74, 6) is 0.416. The highest BCUT2D eigenvalue weighted by molar-refractivity contribution is 7.89. The standard InChI is InChI=1S/C14H21NO2S/c1-11(2)12-5-7-13(8-6-12)18(16,17)15-14(3)9-4-10-14/h5-8,11,15H,4,9-10H2,1-3H3. The lowest BCUT2D eigenvalue weighted by Crippen LogP contribution is -2.50. The van der Waals surface area contributed by atoms with Crippen molar-refractivity contribution in [2.24, 2.45) is 0 Å². The number of rotatable bonds is 4. The lowest BCUT2D eigenvalue weighted by atomic mass is 9.80. The monoisotopic (exact) mass is 267 g/mol. The van der Waals surface area contributed by atoms with E-state index in [1.807, 2.05) is 19.1 Å². The highest BCUT2D eigenvalue weighted by Gasteiger charge is 2.36. The minimum Gasteiger partial charge on any atom is -0.207 e. The average molecular weight is 267 g/mol. The van der Waals surface area contributed by atoms with Crippen molar-refractivity contribution in [3.8, 4) is 0 Å². The minimum atomic E-state index is -3.37. The molecule has 0 heterocycles. The summed E-state index contributed by atoms with van der Waals surface area (Å²) in [6.45, 7) is 6.16. The van der Waals surface area contributed by atoms with Gasteiger partial charge in [-0.3, -0.25) is 0 Å². The van der Waals surface area contributed by atoms with Gasteiger partial charge < -0.3 is 0 Å². The van der Waals surface area contributed by atoms with Crippen LogP contribution in [0.3, 0.4) is 0 Å². The zero-order chi connectivity index (χ0) is 13.4. The van der Waals surface area contributed by atoms with Crippen molar-refractivity contribution < 1.29 is 8.42 Å². The second kappa shape index (κ2) is 4.67. The molecule has 0 aromatic heterocycles. The predicted molar refractivity (Wildman–Crippen MR) is 73.1 cm³/mol.